The fourth-order valence-corrected chi connectivity index (χ4v) is 1.33. The van der Waals surface area contributed by atoms with E-state index in [0.717, 1.165) is 6.54 Å². The zero-order valence-electron chi connectivity index (χ0n) is 7.81. The molecule has 0 spiro atoms. The van der Waals surface area contributed by atoms with Crippen molar-refractivity contribution >= 4 is 5.91 Å². The second-order valence-electron chi connectivity index (χ2n) is 3.41. The fraction of sp³-hybridized carbons (Fsp3) is 0.875. The van der Waals surface area contributed by atoms with Crippen LogP contribution >= 0.6 is 0 Å². The van der Waals surface area contributed by atoms with Crippen LogP contribution in [0.4, 0.5) is 0 Å². The van der Waals surface area contributed by atoms with Crippen LogP contribution in [0.25, 0.3) is 0 Å². The molecule has 1 amide bonds. The highest BCUT2D eigenvalue weighted by Crippen LogP contribution is 2.01. The predicted molar refractivity (Wildman–Crippen MR) is 47.2 cm³/mol. The maximum atomic E-state index is 11.3. The fourth-order valence-electron chi connectivity index (χ4n) is 1.33. The molecule has 0 aromatic heterocycles. The third-order valence-electron chi connectivity index (χ3n) is 2.15. The smallest absolute Gasteiger partial charge is 0.236 e. The van der Waals surface area contributed by atoms with Gasteiger partial charge in [0.15, 0.2) is 0 Å². The maximum Gasteiger partial charge on any atom is 0.236 e. The second kappa shape index (κ2) is 4.55. The third-order valence-corrected chi connectivity index (χ3v) is 2.15. The van der Waals surface area contributed by atoms with Gasteiger partial charge in [0, 0.05) is 19.6 Å². The van der Waals surface area contributed by atoms with Gasteiger partial charge in [-0.1, -0.05) is 0 Å². The van der Waals surface area contributed by atoms with Gasteiger partial charge in [0.05, 0.1) is 19.3 Å². The zero-order valence-corrected chi connectivity index (χ0v) is 7.81. The molecule has 0 aromatic rings. The van der Waals surface area contributed by atoms with Gasteiger partial charge in [0.25, 0.3) is 0 Å². The lowest BCUT2D eigenvalue weighted by atomic mass is 10.2. The SMILES string of the molecule is CN1CCN(C[C@H](O)CO)C(=O)C1. The van der Waals surface area contributed by atoms with Gasteiger partial charge in [-0.3, -0.25) is 9.69 Å². The molecule has 1 aliphatic heterocycles. The van der Waals surface area contributed by atoms with E-state index in [4.69, 9.17) is 10.2 Å². The number of nitrogens with zero attached hydrogens (tertiary/aromatic N) is 2. The van der Waals surface area contributed by atoms with Gasteiger partial charge in [0.2, 0.25) is 5.91 Å². The van der Waals surface area contributed by atoms with Crippen molar-refractivity contribution in [1.29, 1.82) is 0 Å². The molecule has 0 radical (unpaired) electrons. The molecule has 1 fully saturated rings. The first kappa shape index (κ1) is 10.4. The summed E-state index contributed by atoms with van der Waals surface area (Å²) in [5, 5.41) is 17.7. The molecule has 0 aromatic carbocycles. The van der Waals surface area contributed by atoms with E-state index in [1.807, 2.05) is 11.9 Å². The molecule has 1 rings (SSSR count). The van der Waals surface area contributed by atoms with Crippen molar-refractivity contribution in [2.75, 3.05) is 39.8 Å². The first-order valence-electron chi connectivity index (χ1n) is 4.38. The predicted octanol–water partition coefficient (Wildman–Crippen LogP) is -1.89. The average Bonchev–Trinajstić information content (AvgIpc) is 2.09. The molecule has 76 valence electrons. The number of β-amino-alcohol motifs (C(OH)–C–C–N with tert-alkyl or cyclic N) is 1. The summed E-state index contributed by atoms with van der Waals surface area (Å²) in [4.78, 5) is 14.9. The van der Waals surface area contributed by atoms with Crippen molar-refractivity contribution in [3.63, 3.8) is 0 Å². The highest BCUT2D eigenvalue weighted by Gasteiger charge is 2.22. The van der Waals surface area contributed by atoms with Crippen molar-refractivity contribution in [3.05, 3.63) is 0 Å². The zero-order chi connectivity index (χ0) is 9.84. The van der Waals surface area contributed by atoms with Crippen LogP contribution in [0.1, 0.15) is 0 Å². The van der Waals surface area contributed by atoms with Crippen molar-refractivity contribution in [2.45, 2.75) is 6.10 Å². The Morgan fingerprint density at radius 1 is 1.54 bits per heavy atom. The standard InChI is InChI=1S/C8H16N2O3/c1-9-2-3-10(8(13)5-9)4-7(12)6-11/h7,11-12H,2-6H2,1H3/t7-/m0/s1. The number of carbonyl (C=O) groups excluding carboxylic acids is 1. The number of likely N-dealkylation sites (N-methyl/N-ethyl adjacent to an activating group) is 1. The summed E-state index contributed by atoms with van der Waals surface area (Å²) in [6.07, 6.45) is -0.813. The van der Waals surface area contributed by atoms with Crippen molar-refractivity contribution < 1.29 is 15.0 Å². The number of aliphatic hydroxyl groups is 2. The Morgan fingerprint density at radius 3 is 2.77 bits per heavy atom. The van der Waals surface area contributed by atoms with E-state index in [9.17, 15) is 4.79 Å². The normalized spacial score (nSPS) is 22.1. The lowest BCUT2D eigenvalue weighted by Crippen LogP contribution is -2.51. The minimum absolute atomic E-state index is 0.0150. The average molecular weight is 188 g/mol. The molecule has 1 aliphatic rings. The van der Waals surface area contributed by atoms with Crippen LogP contribution in [-0.2, 0) is 4.79 Å². The summed E-state index contributed by atoms with van der Waals surface area (Å²) in [5.41, 5.74) is 0. The lowest BCUT2D eigenvalue weighted by Gasteiger charge is -2.33. The number of amides is 1. The van der Waals surface area contributed by atoms with E-state index in [0.29, 0.717) is 13.1 Å². The Labute approximate surface area is 77.6 Å². The number of hydrogen-bond donors (Lipinski definition) is 2. The molecule has 0 bridgehead atoms. The Hall–Kier alpha value is -0.650. The Morgan fingerprint density at radius 2 is 2.23 bits per heavy atom. The molecule has 0 saturated carbocycles. The molecule has 13 heavy (non-hydrogen) atoms. The van der Waals surface area contributed by atoms with Crippen molar-refractivity contribution in [2.24, 2.45) is 0 Å². The van der Waals surface area contributed by atoms with Crippen LogP contribution in [0, 0.1) is 0 Å². The molecule has 1 atom stereocenters. The molecule has 1 saturated heterocycles. The summed E-state index contributed by atoms with van der Waals surface area (Å²) in [6.45, 7) is 1.80. The van der Waals surface area contributed by atoms with Crippen LogP contribution < -0.4 is 0 Å². The van der Waals surface area contributed by atoms with E-state index in [1.165, 1.54) is 0 Å². The van der Waals surface area contributed by atoms with E-state index in [2.05, 4.69) is 0 Å². The van der Waals surface area contributed by atoms with E-state index in [1.54, 1.807) is 4.90 Å². The minimum atomic E-state index is -0.813. The molecule has 0 unspecified atom stereocenters. The van der Waals surface area contributed by atoms with Gasteiger partial charge in [-0.25, -0.2) is 0 Å². The van der Waals surface area contributed by atoms with E-state index < -0.39 is 6.10 Å². The molecule has 2 N–H and O–H groups in total. The van der Waals surface area contributed by atoms with Crippen LogP contribution in [0.5, 0.6) is 0 Å². The van der Waals surface area contributed by atoms with Gasteiger partial charge in [-0.2, -0.15) is 0 Å². The van der Waals surface area contributed by atoms with Gasteiger partial charge < -0.3 is 15.1 Å². The van der Waals surface area contributed by atoms with Crippen molar-refractivity contribution in [3.8, 4) is 0 Å². The number of hydrogen-bond acceptors (Lipinski definition) is 4. The Kier molecular flexibility index (Phi) is 3.65. The molecule has 5 nitrogen and oxygen atoms in total. The largest absolute Gasteiger partial charge is 0.394 e. The van der Waals surface area contributed by atoms with Gasteiger partial charge in [-0.05, 0) is 7.05 Å². The number of rotatable bonds is 3. The highest BCUT2D eigenvalue weighted by atomic mass is 16.3. The van der Waals surface area contributed by atoms with Gasteiger partial charge >= 0.3 is 0 Å². The van der Waals surface area contributed by atoms with Gasteiger partial charge in [-0.15, -0.1) is 0 Å². The molecule has 5 heteroatoms. The van der Waals surface area contributed by atoms with Crippen LogP contribution in [0.2, 0.25) is 0 Å². The summed E-state index contributed by atoms with van der Waals surface area (Å²) < 4.78 is 0. The molecular formula is C8H16N2O3. The van der Waals surface area contributed by atoms with Crippen LogP contribution in [0.15, 0.2) is 0 Å². The summed E-state index contributed by atoms with van der Waals surface area (Å²) >= 11 is 0. The lowest BCUT2D eigenvalue weighted by molar-refractivity contribution is -0.137. The van der Waals surface area contributed by atoms with Crippen molar-refractivity contribution in [1.82, 2.24) is 9.80 Å². The van der Waals surface area contributed by atoms with Gasteiger partial charge in [0.1, 0.15) is 0 Å². The monoisotopic (exact) mass is 188 g/mol. The number of aliphatic hydroxyl groups excluding tert-OH is 2. The van der Waals surface area contributed by atoms with E-state index >= 15 is 0 Å². The second-order valence-corrected chi connectivity index (χ2v) is 3.41. The Bertz CT molecular complexity index is 186. The first-order chi connectivity index (χ1) is 6.13. The molecule has 0 aliphatic carbocycles. The number of carbonyl (C=O) groups is 1. The summed E-state index contributed by atoms with van der Waals surface area (Å²) in [5.74, 6) is 0.0150. The highest BCUT2D eigenvalue weighted by molar-refractivity contribution is 5.79. The topological polar surface area (TPSA) is 64.0 Å². The Balaban J connectivity index is 2.38. The summed E-state index contributed by atoms with van der Waals surface area (Å²) in [6, 6.07) is 0. The van der Waals surface area contributed by atoms with Crippen LogP contribution in [-0.4, -0.2) is 71.9 Å². The summed E-state index contributed by atoms with van der Waals surface area (Å²) in [7, 11) is 1.89. The maximum absolute atomic E-state index is 11.3. The quantitative estimate of drug-likeness (QED) is 0.544. The third kappa shape index (κ3) is 2.95. The van der Waals surface area contributed by atoms with Crippen LogP contribution in [0.3, 0.4) is 0 Å². The number of piperazine rings is 1. The first-order valence-corrected chi connectivity index (χ1v) is 4.38. The van der Waals surface area contributed by atoms with E-state index in [-0.39, 0.29) is 19.1 Å². The molecular weight excluding hydrogens is 172 g/mol. The molecule has 1 heterocycles. The minimum Gasteiger partial charge on any atom is -0.394 e.